The van der Waals surface area contributed by atoms with Gasteiger partial charge in [0.15, 0.2) is 11.8 Å². The highest BCUT2D eigenvalue weighted by molar-refractivity contribution is 8.11. The third kappa shape index (κ3) is 3.70. The molecule has 138 valence electrons. The first kappa shape index (κ1) is 19.5. The van der Waals surface area contributed by atoms with Crippen LogP contribution in [0.5, 0.6) is 11.8 Å². The lowest BCUT2D eigenvalue weighted by molar-refractivity contribution is -0.137. The van der Waals surface area contributed by atoms with Crippen LogP contribution in [0.3, 0.4) is 0 Å². The SMILES string of the molecule is [N-]=[N+]=Nc1ccc(SC(CC(=O)O)(n2c(O)ccc2O)S(=O)(=O)O)cc1. The van der Waals surface area contributed by atoms with Crippen LogP contribution in [0.1, 0.15) is 6.42 Å². The van der Waals surface area contributed by atoms with E-state index >= 15 is 0 Å². The molecule has 1 unspecified atom stereocenters. The van der Waals surface area contributed by atoms with E-state index in [-0.39, 0.29) is 10.6 Å². The Kier molecular flexibility index (Phi) is 5.37. The molecule has 0 saturated heterocycles. The van der Waals surface area contributed by atoms with Gasteiger partial charge in [-0.2, -0.15) is 8.42 Å². The van der Waals surface area contributed by atoms with E-state index in [0.29, 0.717) is 16.3 Å². The maximum atomic E-state index is 12.1. The van der Waals surface area contributed by atoms with Gasteiger partial charge in [0, 0.05) is 27.6 Å². The van der Waals surface area contributed by atoms with E-state index in [1.54, 1.807) is 0 Å². The third-order valence-corrected chi connectivity index (χ3v) is 6.40. The molecular weight excluding hydrogens is 388 g/mol. The Balaban J connectivity index is 2.66. The molecule has 0 aliphatic rings. The lowest BCUT2D eigenvalue weighted by atomic mass is 10.3. The molecule has 2 aromatic rings. The summed E-state index contributed by atoms with van der Waals surface area (Å²) in [7, 11) is -5.16. The first-order valence-electron chi connectivity index (χ1n) is 6.74. The van der Waals surface area contributed by atoms with Gasteiger partial charge in [-0.15, -0.1) is 0 Å². The zero-order valence-electron chi connectivity index (χ0n) is 12.8. The van der Waals surface area contributed by atoms with Crippen molar-refractivity contribution < 1.29 is 33.1 Å². The summed E-state index contributed by atoms with van der Waals surface area (Å²) in [6, 6.07) is 7.23. The number of nitrogens with zero attached hydrogens (tertiary/aromatic N) is 4. The van der Waals surface area contributed by atoms with Gasteiger partial charge in [0.25, 0.3) is 0 Å². The van der Waals surface area contributed by atoms with Crippen molar-refractivity contribution in [3.05, 3.63) is 46.8 Å². The second-order valence-electron chi connectivity index (χ2n) is 4.93. The van der Waals surface area contributed by atoms with E-state index in [0.717, 1.165) is 12.1 Å². The number of thioether (sulfide) groups is 1. The minimum atomic E-state index is -5.16. The van der Waals surface area contributed by atoms with Crippen LogP contribution in [0.4, 0.5) is 5.69 Å². The molecular formula is C13H12N4O7S2. The van der Waals surface area contributed by atoms with E-state index in [4.69, 9.17) is 10.6 Å². The van der Waals surface area contributed by atoms with Gasteiger partial charge in [-0.1, -0.05) is 29.0 Å². The minimum Gasteiger partial charge on any atom is -0.494 e. The number of aromatic nitrogens is 1. The second-order valence-corrected chi connectivity index (χ2v) is 8.16. The van der Waals surface area contributed by atoms with Gasteiger partial charge in [-0.25, -0.2) is 0 Å². The lowest BCUT2D eigenvalue weighted by Crippen LogP contribution is -2.40. The number of aromatic hydroxyl groups is 2. The van der Waals surface area contributed by atoms with Gasteiger partial charge in [-0.3, -0.25) is 13.9 Å². The van der Waals surface area contributed by atoms with Crippen LogP contribution in [-0.2, 0) is 19.1 Å². The Morgan fingerprint density at radius 1 is 1.19 bits per heavy atom. The van der Waals surface area contributed by atoms with Gasteiger partial charge in [0.1, 0.15) is 0 Å². The van der Waals surface area contributed by atoms with E-state index in [9.17, 15) is 28.0 Å². The topological polar surface area (TPSA) is 186 Å². The average molecular weight is 400 g/mol. The molecule has 11 nitrogen and oxygen atoms in total. The zero-order chi connectivity index (χ0) is 19.5. The fourth-order valence-electron chi connectivity index (χ4n) is 2.19. The minimum absolute atomic E-state index is 0.160. The van der Waals surface area contributed by atoms with Crippen molar-refractivity contribution in [1.82, 2.24) is 4.57 Å². The van der Waals surface area contributed by atoms with E-state index < -0.39 is 38.5 Å². The number of benzene rings is 1. The molecule has 2 rings (SSSR count). The van der Waals surface area contributed by atoms with Gasteiger partial charge in [0.2, 0.25) is 4.20 Å². The maximum absolute atomic E-state index is 12.1. The van der Waals surface area contributed by atoms with Gasteiger partial charge in [-0.05, 0) is 17.7 Å². The van der Waals surface area contributed by atoms with Crippen LogP contribution in [-0.4, -0.2) is 38.8 Å². The molecule has 1 aromatic carbocycles. The summed E-state index contributed by atoms with van der Waals surface area (Å²) in [5, 5.41) is 32.3. The van der Waals surface area contributed by atoms with Crippen LogP contribution in [0.2, 0.25) is 0 Å². The first-order valence-corrected chi connectivity index (χ1v) is 8.99. The van der Waals surface area contributed by atoms with E-state index in [2.05, 4.69) is 10.0 Å². The summed E-state index contributed by atoms with van der Waals surface area (Å²) in [6.45, 7) is 0. The number of azide groups is 1. The number of hydrogen-bond acceptors (Lipinski definition) is 7. The number of carbonyl (C=O) groups is 1. The van der Waals surface area contributed by atoms with Crippen LogP contribution >= 0.6 is 11.8 Å². The lowest BCUT2D eigenvalue weighted by Gasteiger charge is -2.31. The summed E-state index contributed by atoms with van der Waals surface area (Å²) >= 11 is 0.374. The highest BCUT2D eigenvalue weighted by Gasteiger charge is 2.50. The van der Waals surface area contributed by atoms with Crippen molar-refractivity contribution in [2.75, 3.05) is 0 Å². The Morgan fingerprint density at radius 3 is 2.15 bits per heavy atom. The number of carboxylic acid groups (broad SMARTS) is 1. The fourth-order valence-corrected chi connectivity index (χ4v) is 4.74. The molecule has 1 aromatic heterocycles. The molecule has 13 heteroatoms. The maximum Gasteiger partial charge on any atom is 0.307 e. The van der Waals surface area contributed by atoms with Crippen LogP contribution in [0.25, 0.3) is 10.4 Å². The average Bonchev–Trinajstić information content (AvgIpc) is 2.86. The number of carboxylic acids is 1. The number of aliphatic carboxylic acids is 1. The van der Waals surface area contributed by atoms with Crippen molar-refractivity contribution >= 4 is 33.5 Å². The molecule has 0 spiro atoms. The highest BCUT2D eigenvalue weighted by atomic mass is 32.3. The van der Waals surface area contributed by atoms with Crippen molar-refractivity contribution in [3.63, 3.8) is 0 Å². The second kappa shape index (κ2) is 7.17. The van der Waals surface area contributed by atoms with Gasteiger partial charge < -0.3 is 15.3 Å². The largest absolute Gasteiger partial charge is 0.494 e. The van der Waals surface area contributed by atoms with E-state index in [1.807, 2.05) is 0 Å². The van der Waals surface area contributed by atoms with Crippen LogP contribution in [0, 0.1) is 0 Å². The molecule has 0 radical (unpaired) electrons. The summed E-state index contributed by atoms with van der Waals surface area (Å²) in [4.78, 5) is 14.0. The monoisotopic (exact) mass is 400 g/mol. The molecule has 26 heavy (non-hydrogen) atoms. The van der Waals surface area contributed by atoms with Crippen molar-refractivity contribution in [1.29, 1.82) is 0 Å². The Morgan fingerprint density at radius 2 is 1.73 bits per heavy atom. The molecule has 4 N–H and O–H groups in total. The predicted molar refractivity (Wildman–Crippen MR) is 90.6 cm³/mol. The van der Waals surface area contributed by atoms with Crippen molar-refractivity contribution in [2.45, 2.75) is 15.5 Å². The predicted octanol–water partition coefficient (Wildman–Crippen LogP) is 2.61. The quantitative estimate of drug-likeness (QED) is 0.179. The summed E-state index contributed by atoms with van der Waals surface area (Å²) in [5.41, 5.74) is 8.61. The van der Waals surface area contributed by atoms with Gasteiger partial charge >= 0.3 is 16.1 Å². The Hall–Kier alpha value is -2.86. The Labute approximate surface area is 150 Å². The van der Waals surface area contributed by atoms with Crippen molar-refractivity contribution in [2.24, 2.45) is 5.11 Å². The molecule has 0 fully saturated rings. The van der Waals surface area contributed by atoms with Crippen molar-refractivity contribution in [3.8, 4) is 11.8 Å². The third-order valence-electron chi connectivity index (χ3n) is 3.23. The molecule has 0 amide bonds. The number of rotatable bonds is 7. The molecule has 0 saturated carbocycles. The normalized spacial score (nSPS) is 13.6. The Bertz CT molecular complexity index is 961. The molecule has 0 bridgehead atoms. The fraction of sp³-hybridized carbons (Fsp3) is 0.154. The zero-order valence-corrected chi connectivity index (χ0v) is 14.4. The van der Waals surface area contributed by atoms with Crippen LogP contribution in [0.15, 0.2) is 46.4 Å². The summed E-state index contributed by atoms with van der Waals surface area (Å²) < 4.78 is 31.8. The summed E-state index contributed by atoms with van der Waals surface area (Å²) in [6.07, 6.45) is -1.18. The van der Waals surface area contributed by atoms with Crippen LogP contribution < -0.4 is 0 Å². The van der Waals surface area contributed by atoms with Gasteiger partial charge in [0.05, 0.1) is 6.42 Å². The molecule has 1 heterocycles. The highest BCUT2D eigenvalue weighted by Crippen LogP contribution is 2.48. The standard InChI is InChI=1S/C13H12N4O7S2/c14-16-15-8-1-3-9(4-2-8)25-13(7-12(20)21,26(22,23)24)17-10(18)5-6-11(17)19/h1-6,18-19H,7H2,(H,20,21)(H,22,23,24). The smallest absolute Gasteiger partial charge is 0.307 e. The molecule has 0 aliphatic carbocycles. The summed E-state index contributed by atoms with van der Waals surface area (Å²) in [5.74, 6) is -3.13. The molecule has 0 aliphatic heterocycles. The van der Waals surface area contributed by atoms with E-state index in [1.165, 1.54) is 24.3 Å². The molecule has 1 atom stereocenters. The number of hydrogen-bond donors (Lipinski definition) is 4. The first-order chi connectivity index (χ1) is 12.1.